The molecule has 29 heavy (non-hydrogen) atoms. The molecule has 0 spiro atoms. The molecule has 1 aromatic heterocycles. The lowest BCUT2D eigenvalue weighted by Crippen LogP contribution is -2.70. The Kier molecular flexibility index (Phi) is 3.97. The number of ether oxygens (including phenoxy) is 2. The zero-order valence-corrected chi connectivity index (χ0v) is 16.9. The number of nitrogens with one attached hydrogen (secondary N) is 1. The number of nitrogens with zero attached hydrogens (tertiary/aromatic N) is 1. The van der Waals surface area contributed by atoms with Crippen LogP contribution in [-0.4, -0.2) is 59.8 Å². The average molecular weight is 398 g/mol. The van der Waals surface area contributed by atoms with Gasteiger partial charge in [0.05, 0.1) is 26.4 Å². The van der Waals surface area contributed by atoms with E-state index < -0.39 is 17.6 Å². The number of H-pyrrole nitrogens is 1. The molecule has 3 fully saturated rings. The SMILES string of the molecule is COC(=O)[C@@]12C[C@H]3C[C@H]([C@@H](C)O)[C@@H]1N(CCc1c2[nH]c2ccc(OC)cc12)C3=O. The summed E-state index contributed by atoms with van der Waals surface area (Å²) in [5.41, 5.74) is 1.82. The van der Waals surface area contributed by atoms with Crippen LogP contribution in [0.3, 0.4) is 0 Å². The van der Waals surface area contributed by atoms with Crippen LogP contribution in [0.1, 0.15) is 31.0 Å². The van der Waals surface area contributed by atoms with Crippen molar-refractivity contribution in [2.75, 3.05) is 20.8 Å². The maximum atomic E-state index is 13.4. The third kappa shape index (κ3) is 2.28. The molecular formula is C22H26N2O5. The molecule has 154 valence electrons. The van der Waals surface area contributed by atoms with E-state index in [1.807, 2.05) is 23.1 Å². The maximum absolute atomic E-state index is 13.4. The van der Waals surface area contributed by atoms with Crippen LogP contribution in [0.2, 0.25) is 0 Å². The Morgan fingerprint density at radius 2 is 2.17 bits per heavy atom. The number of amides is 1. The number of methoxy groups -OCH3 is 2. The van der Waals surface area contributed by atoms with Crippen molar-refractivity contribution in [3.63, 3.8) is 0 Å². The molecule has 0 radical (unpaired) electrons. The highest BCUT2D eigenvalue weighted by Gasteiger charge is 2.66. The molecule has 4 bridgehead atoms. The van der Waals surface area contributed by atoms with E-state index in [0.717, 1.165) is 27.9 Å². The van der Waals surface area contributed by atoms with Gasteiger partial charge in [0.1, 0.15) is 11.2 Å². The average Bonchev–Trinajstić information content (AvgIpc) is 3.04. The van der Waals surface area contributed by atoms with Crippen LogP contribution in [0.25, 0.3) is 10.9 Å². The van der Waals surface area contributed by atoms with Crippen molar-refractivity contribution in [1.82, 2.24) is 9.88 Å². The smallest absolute Gasteiger partial charge is 0.319 e. The van der Waals surface area contributed by atoms with E-state index in [1.54, 1.807) is 14.0 Å². The highest BCUT2D eigenvalue weighted by Crippen LogP contribution is 2.56. The Labute approximate surface area is 169 Å². The monoisotopic (exact) mass is 398 g/mol. The van der Waals surface area contributed by atoms with Gasteiger partial charge in [-0.3, -0.25) is 9.59 Å². The molecule has 3 aliphatic heterocycles. The molecule has 1 amide bonds. The number of aliphatic hydroxyl groups is 1. The first kappa shape index (κ1) is 18.5. The van der Waals surface area contributed by atoms with Gasteiger partial charge in [-0.1, -0.05) is 0 Å². The lowest BCUT2D eigenvalue weighted by Gasteiger charge is -2.57. The Balaban J connectivity index is 1.81. The summed E-state index contributed by atoms with van der Waals surface area (Å²) in [4.78, 5) is 31.8. The van der Waals surface area contributed by atoms with Gasteiger partial charge < -0.3 is 24.5 Å². The molecule has 2 aromatic rings. The molecular weight excluding hydrogens is 372 g/mol. The van der Waals surface area contributed by atoms with E-state index in [1.165, 1.54) is 7.11 Å². The molecule has 1 aromatic carbocycles. The molecule has 1 saturated carbocycles. The summed E-state index contributed by atoms with van der Waals surface area (Å²) >= 11 is 0. The third-order valence-electron chi connectivity index (χ3n) is 7.34. The summed E-state index contributed by atoms with van der Waals surface area (Å²) < 4.78 is 10.7. The molecule has 2 saturated heterocycles. The van der Waals surface area contributed by atoms with Crippen molar-refractivity contribution in [1.29, 1.82) is 0 Å². The molecule has 5 atom stereocenters. The topological polar surface area (TPSA) is 91.9 Å². The molecule has 6 rings (SSSR count). The summed E-state index contributed by atoms with van der Waals surface area (Å²) in [5.74, 6) is 0.0527. The lowest BCUT2D eigenvalue weighted by molar-refractivity contribution is -0.176. The minimum Gasteiger partial charge on any atom is -0.497 e. The number of esters is 1. The van der Waals surface area contributed by atoms with Crippen molar-refractivity contribution in [2.24, 2.45) is 11.8 Å². The predicted octanol–water partition coefficient (Wildman–Crippen LogP) is 1.76. The van der Waals surface area contributed by atoms with Crippen LogP contribution in [0.15, 0.2) is 18.2 Å². The number of aromatic nitrogens is 1. The zero-order chi connectivity index (χ0) is 20.5. The minimum atomic E-state index is -0.995. The largest absolute Gasteiger partial charge is 0.497 e. The Bertz CT molecular complexity index is 1010. The van der Waals surface area contributed by atoms with Crippen molar-refractivity contribution in [3.05, 3.63) is 29.5 Å². The van der Waals surface area contributed by atoms with Gasteiger partial charge in [-0.2, -0.15) is 0 Å². The van der Waals surface area contributed by atoms with Gasteiger partial charge in [0.25, 0.3) is 0 Å². The van der Waals surface area contributed by atoms with Crippen LogP contribution in [0, 0.1) is 11.8 Å². The van der Waals surface area contributed by atoms with Crippen molar-refractivity contribution >= 4 is 22.8 Å². The molecule has 1 aliphatic carbocycles. The minimum absolute atomic E-state index is 0.0958. The second-order valence-corrected chi connectivity index (χ2v) is 8.62. The van der Waals surface area contributed by atoms with E-state index in [4.69, 9.17) is 9.47 Å². The Morgan fingerprint density at radius 3 is 2.86 bits per heavy atom. The van der Waals surface area contributed by atoms with Gasteiger partial charge in [0.2, 0.25) is 5.91 Å². The van der Waals surface area contributed by atoms with Gasteiger partial charge in [-0.25, -0.2) is 0 Å². The summed E-state index contributed by atoms with van der Waals surface area (Å²) in [6, 6.07) is 5.42. The number of aliphatic hydroxyl groups excluding tert-OH is 1. The summed E-state index contributed by atoms with van der Waals surface area (Å²) in [5, 5.41) is 11.5. The van der Waals surface area contributed by atoms with E-state index in [0.29, 0.717) is 25.8 Å². The molecule has 4 heterocycles. The van der Waals surface area contributed by atoms with Crippen LogP contribution < -0.4 is 4.74 Å². The second kappa shape index (κ2) is 6.23. The predicted molar refractivity (Wildman–Crippen MR) is 106 cm³/mol. The van der Waals surface area contributed by atoms with Gasteiger partial charge in [0.15, 0.2) is 0 Å². The molecule has 4 aliphatic rings. The number of hydrogen-bond donors (Lipinski definition) is 2. The number of hydrogen-bond acceptors (Lipinski definition) is 5. The first-order valence-electron chi connectivity index (χ1n) is 10.2. The van der Waals surface area contributed by atoms with E-state index in [2.05, 4.69) is 4.98 Å². The van der Waals surface area contributed by atoms with Crippen LogP contribution in [0.5, 0.6) is 5.75 Å². The van der Waals surface area contributed by atoms with Crippen molar-refractivity contribution in [2.45, 2.75) is 43.7 Å². The standard InChI is InChI=1S/C22H26N2O5/c1-11(25)15-8-12-10-22(21(27)29-3)18-14(6-7-24(19(15)22)20(12)26)16-9-13(28-2)4-5-17(16)23-18/h4-5,9,11-12,15,19,23,25H,6-8,10H2,1-3H3/t11-,12-,15-,19+,22-/m1/s1. The summed E-state index contributed by atoms with van der Waals surface area (Å²) in [6.45, 7) is 2.28. The number of carbonyl (C=O) groups is 2. The van der Waals surface area contributed by atoms with E-state index in [9.17, 15) is 14.7 Å². The fraction of sp³-hybridized carbons (Fsp3) is 0.545. The number of carbonyl (C=O) groups excluding carboxylic acids is 2. The van der Waals surface area contributed by atoms with Gasteiger partial charge in [0, 0.05) is 35.0 Å². The molecule has 0 unspecified atom stereocenters. The number of piperidine rings is 2. The highest BCUT2D eigenvalue weighted by molar-refractivity contribution is 5.95. The van der Waals surface area contributed by atoms with Crippen LogP contribution in [0.4, 0.5) is 0 Å². The fourth-order valence-corrected chi connectivity index (χ4v) is 6.15. The van der Waals surface area contributed by atoms with Crippen molar-refractivity contribution < 1.29 is 24.2 Å². The molecule has 2 N–H and O–H groups in total. The molecule has 7 heteroatoms. The number of aromatic amines is 1. The van der Waals surface area contributed by atoms with Gasteiger partial charge >= 0.3 is 5.97 Å². The number of benzene rings is 1. The summed E-state index contributed by atoms with van der Waals surface area (Å²) in [6.07, 6.45) is 1.05. The third-order valence-corrected chi connectivity index (χ3v) is 7.34. The van der Waals surface area contributed by atoms with Crippen LogP contribution in [-0.2, 0) is 26.2 Å². The lowest BCUT2D eigenvalue weighted by atomic mass is 9.55. The zero-order valence-electron chi connectivity index (χ0n) is 16.9. The van der Waals surface area contributed by atoms with E-state index in [-0.39, 0.29) is 23.7 Å². The quantitative estimate of drug-likeness (QED) is 0.769. The second-order valence-electron chi connectivity index (χ2n) is 8.62. The van der Waals surface area contributed by atoms with Crippen molar-refractivity contribution in [3.8, 4) is 5.75 Å². The van der Waals surface area contributed by atoms with Gasteiger partial charge in [-0.05, 0) is 49.9 Å². The fourth-order valence-electron chi connectivity index (χ4n) is 6.15. The normalized spacial score (nSPS) is 31.4. The summed E-state index contributed by atoms with van der Waals surface area (Å²) in [7, 11) is 3.03. The molecule has 7 nitrogen and oxygen atoms in total. The van der Waals surface area contributed by atoms with Crippen LogP contribution >= 0.6 is 0 Å². The maximum Gasteiger partial charge on any atom is 0.319 e. The number of fused-ring (bicyclic) bond motifs is 4. The van der Waals surface area contributed by atoms with Gasteiger partial charge in [-0.15, -0.1) is 0 Å². The Morgan fingerprint density at radius 1 is 1.38 bits per heavy atom. The van der Waals surface area contributed by atoms with E-state index >= 15 is 0 Å². The highest BCUT2D eigenvalue weighted by atomic mass is 16.5. The number of rotatable bonds is 3. The Hall–Kier alpha value is -2.54. The first-order chi connectivity index (χ1) is 13.9. The first-order valence-corrected chi connectivity index (χ1v) is 10.2.